The Balaban J connectivity index is 2.20. The summed E-state index contributed by atoms with van der Waals surface area (Å²) in [6.07, 6.45) is 3.15. The molecule has 0 aliphatic rings. The molecule has 0 spiro atoms. The summed E-state index contributed by atoms with van der Waals surface area (Å²) in [5, 5.41) is 10.0. The fourth-order valence-electron chi connectivity index (χ4n) is 2.08. The lowest BCUT2D eigenvalue weighted by Gasteiger charge is -2.07. The Morgan fingerprint density at radius 2 is 2.18 bits per heavy atom. The molecule has 0 saturated carbocycles. The molecule has 2 rings (SSSR count). The van der Waals surface area contributed by atoms with Gasteiger partial charge in [0.1, 0.15) is 11.3 Å². The molecule has 118 valence electrons. The minimum absolute atomic E-state index is 0.000972. The molecule has 0 aromatic carbocycles. The van der Waals surface area contributed by atoms with Crippen LogP contribution in [0.3, 0.4) is 0 Å². The van der Waals surface area contributed by atoms with Gasteiger partial charge in [-0.15, -0.1) is 5.10 Å². The van der Waals surface area contributed by atoms with Gasteiger partial charge in [0.25, 0.3) is 5.91 Å². The number of hydrogen-bond donors (Lipinski definition) is 1. The first kappa shape index (κ1) is 15.9. The molecule has 22 heavy (non-hydrogen) atoms. The Kier molecular flexibility index (Phi) is 4.75. The van der Waals surface area contributed by atoms with Crippen LogP contribution in [-0.4, -0.2) is 20.9 Å². The number of amides is 1. The molecule has 0 unspecified atom stereocenters. The smallest absolute Gasteiger partial charge is 0.349 e. The third kappa shape index (κ3) is 3.81. The maximum atomic E-state index is 12.2. The molecule has 0 atom stereocenters. The molecule has 2 aromatic rings. The van der Waals surface area contributed by atoms with Crippen molar-refractivity contribution in [2.75, 3.05) is 5.32 Å². The summed E-state index contributed by atoms with van der Waals surface area (Å²) in [7, 11) is 1.69. The first-order valence-electron chi connectivity index (χ1n) is 7.18. The van der Waals surface area contributed by atoms with E-state index in [0.717, 1.165) is 6.42 Å². The minimum Gasteiger partial charge on any atom is -0.427 e. The number of rotatable bonds is 5. The van der Waals surface area contributed by atoms with Gasteiger partial charge in [-0.2, -0.15) is 0 Å². The molecule has 0 aliphatic carbocycles. The van der Waals surface area contributed by atoms with Crippen molar-refractivity contribution in [2.24, 2.45) is 13.0 Å². The zero-order valence-corrected chi connectivity index (χ0v) is 13.2. The molecule has 0 radical (unpaired) electrons. The van der Waals surface area contributed by atoms with E-state index in [-0.39, 0.29) is 11.4 Å². The van der Waals surface area contributed by atoms with Crippen molar-refractivity contribution >= 4 is 11.7 Å². The van der Waals surface area contributed by atoms with E-state index in [4.69, 9.17) is 4.42 Å². The third-order valence-corrected chi connectivity index (χ3v) is 3.24. The first-order chi connectivity index (χ1) is 10.4. The molecule has 7 nitrogen and oxygen atoms in total. The highest BCUT2D eigenvalue weighted by molar-refractivity contribution is 6.04. The van der Waals surface area contributed by atoms with Crippen LogP contribution in [-0.2, 0) is 13.5 Å². The predicted octanol–water partition coefficient (Wildman–Crippen LogP) is 1.92. The number of nitrogens with one attached hydrogen (secondary N) is 1. The second-order valence-corrected chi connectivity index (χ2v) is 5.72. The van der Waals surface area contributed by atoms with Gasteiger partial charge in [-0.25, -0.2) is 4.79 Å². The first-order valence-corrected chi connectivity index (χ1v) is 7.18. The van der Waals surface area contributed by atoms with Gasteiger partial charge in [0, 0.05) is 13.5 Å². The fourth-order valence-corrected chi connectivity index (χ4v) is 2.08. The number of carbonyl (C=O) groups is 1. The Bertz CT molecular complexity index is 731. The van der Waals surface area contributed by atoms with Crippen molar-refractivity contribution in [1.82, 2.24) is 15.0 Å². The van der Waals surface area contributed by atoms with Crippen molar-refractivity contribution in [1.29, 1.82) is 0 Å². The van der Waals surface area contributed by atoms with Crippen molar-refractivity contribution in [3.63, 3.8) is 0 Å². The summed E-state index contributed by atoms with van der Waals surface area (Å²) in [5.74, 6) is 0.870. The van der Waals surface area contributed by atoms with Gasteiger partial charge in [-0.05, 0) is 30.9 Å². The predicted molar refractivity (Wildman–Crippen MR) is 81.8 cm³/mol. The summed E-state index contributed by atoms with van der Waals surface area (Å²) in [6.45, 7) is 5.93. The SMILES string of the molecule is Cc1cc(CCC(C)C)oc(=O)c1C(=O)Nc1cn(C)nn1. The summed E-state index contributed by atoms with van der Waals surface area (Å²) in [4.78, 5) is 24.3. The van der Waals surface area contributed by atoms with E-state index in [1.165, 1.54) is 4.68 Å². The number of hydrogen-bond acceptors (Lipinski definition) is 5. The quantitative estimate of drug-likeness (QED) is 0.911. The highest BCUT2D eigenvalue weighted by atomic mass is 16.4. The highest BCUT2D eigenvalue weighted by Crippen LogP contribution is 2.12. The van der Waals surface area contributed by atoms with Gasteiger partial charge in [-0.3, -0.25) is 9.48 Å². The van der Waals surface area contributed by atoms with Crippen LogP contribution >= 0.6 is 0 Å². The lowest BCUT2D eigenvalue weighted by molar-refractivity contribution is 0.102. The van der Waals surface area contributed by atoms with Crippen molar-refractivity contribution in [2.45, 2.75) is 33.6 Å². The Labute approximate surface area is 128 Å². The molecule has 2 heterocycles. The molecular formula is C15H20N4O3. The molecule has 0 fully saturated rings. The van der Waals surface area contributed by atoms with Crippen LogP contribution in [0.2, 0.25) is 0 Å². The minimum atomic E-state index is -0.625. The van der Waals surface area contributed by atoms with Crippen LogP contribution in [0.5, 0.6) is 0 Å². The maximum absolute atomic E-state index is 12.2. The van der Waals surface area contributed by atoms with Gasteiger partial charge in [0.15, 0.2) is 5.82 Å². The van der Waals surface area contributed by atoms with Crippen molar-refractivity contribution in [3.8, 4) is 0 Å². The van der Waals surface area contributed by atoms with Gasteiger partial charge >= 0.3 is 5.63 Å². The number of aryl methyl sites for hydroxylation is 3. The van der Waals surface area contributed by atoms with E-state index in [9.17, 15) is 9.59 Å². The van der Waals surface area contributed by atoms with Crippen LogP contribution in [0, 0.1) is 12.8 Å². The zero-order valence-electron chi connectivity index (χ0n) is 13.2. The van der Waals surface area contributed by atoms with E-state index in [1.54, 1.807) is 26.2 Å². The molecule has 1 N–H and O–H groups in total. The van der Waals surface area contributed by atoms with Crippen molar-refractivity contribution in [3.05, 3.63) is 39.6 Å². The second-order valence-electron chi connectivity index (χ2n) is 5.72. The Morgan fingerprint density at radius 1 is 1.45 bits per heavy atom. The molecule has 0 bridgehead atoms. The number of anilines is 1. The summed E-state index contributed by atoms with van der Waals surface area (Å²) >= 11 is 0. The van der Waals surface area contributed by atoms with E-state index >= 15 is 0 Å². The number of carbonyl (C=O) groups excluding carboxylic acids is 1. The number of nitrogens with zero attached hydrogens (tertiary/aromatic N) is 3. The summed E-state index contributed by atoms with van der Waals surface area (Å²) in [5.41, 5.74) is -0.0320. The third-order valence-electron chi connectivity index (χ3n) is 3.24. The fraction of sp³-hybridized carbons (Fsp3) is 0.467. The average Bonchev–Trinajstić information content (AvgIpc) is 2.81. The average molecular weight is 304 g/mol. The monoisotopic (exact) mass is 304 g/mol. The Hall–Kier alpha value is -2.44. The summed E-state index contributed by atoms with van der Waals surface area (Å²) < 4.78 is 6.70. The zero-order chi connectivity index (χ0) is 16.3. The Morgan fingerprint density at radius 3 is 2.73 bits per heavy atom. The van der Waals surface area contributed by atoms with E-state index in [2.05, 4.69) is 29.5 Å². The molecular weight excluding hydrogens is 284 g/mol. The highest BCUT2D eigenvalue weighted by Gasteiger charge is 2.18. The van der Waals surface area contributed by atoms with Crippen LogP contribution < -0.4 is 10.9 Å². The topological polar surface area (TPSA) is 90.0 Å². The maximum Gasteiger partial charge on any atom is 0.349 e. The van der Waals surface area contributed by atoms with Crippen LogP contribution in [0.1, 0.15) is 41.9 Å². The molecule has 0 saturated heterocycles. The standard InChI is InChI=1S/C15H20N4O3/c1-9(2)5-6-11-7-10(3)13(15(21)22-11)14(20)16-12-8-19(4)18-17-12/h7-9H,5-6H2,1-4H3,(H,16,20). The molecule has 2 aromatic heterocycles. The van der Waals surface area contributed by atoms with Gasteiger partial charge < -0.3 is 9.73 Å². The van der Waals surface area contributed by atoms with Crippen LogP contribution in [0.4, 0.5) is 5.82 Å². The van der Waals surface area contributed by atoms with Gasteiger partial charge in [0.05, 0.1) is 6.20 Å². The van der Waals surface area contributed by atoms with E-state index in [0.29, 0.717) is 23.7 Å². The van der Waals surface area contributed by atoms with Crippen LogP contribution in [0.25, 0.3) is 0 Å². The van der Waals surface area contributed by atoms with Gasteiger partial charge in [0.2, 0.25) is 0 Å². The summed E-state index contributed by atoms with van der Waals surface area (Å²) in [6, 6.07) is 1.75. The van der Waals surface area contributed by atoms with Gasteiger partial charge in [-0.1, -0.05) is 19.1 Å². The van der Waals surface area contributed by atoms with E-state index < -0.39 is 11.5 Å². The normalized spacial score (nSPS) is 11.0. The molecule has 1 amide bonds. The molecule has 7 heteroatoms. The van der Waals surface area contributed by atoms with E-state index in [1.807, 2.05) is 0 Å². The largest absolute Gasteiger partial charge is 0.427 e. The van der Waals surface area contributed by atoms with Crippen LogP contribution in [0.15, 0.2) is 21.5 Å². The van der Waals surface area contributed by atoms with Crippen molar-refractivity contribution < 1.29 is 9.21 Å². The lowest BCUT2D eigenvalue weighted by atomic mass is 10.0. The lowest BCUT2D eigenvalue weighted by Crippen LogP contribution is -2.23. The second kappa shape index (κ2) is 6.55. The molecule has 0 aliphatic heterocycles. The number of aromatic nitrogens is 3.